The summed E-state index contributed by atoms with van der Waals surface area (Å²) in [5.74, 6) is -0.561. The molecule has 1 saturated heterocycles. The van der Waals surface area contributed by atoms with E-state index in [-0.39, 0.29) is 5.02 Å². The van der Waals surface area contributed by atoms with E-state index in [4.69, 9.17) is 26.3 Å². The quantitative estimate of drug-likeness (QED) is 0.310. The first-order chi connectivity index (χ1) is 10.1. The van der Waals surface area contributed by atoms with Crippen LogP contribution in [0.4, 0.5) is 10.1 Å². The summed E-state index contributed by atoms with van der Waals surface area (Å²) in [5, 5.41) is 10.7. The van der Waals surface area contributed by atoms with Gasteiger partial charge in [-0.1, -0.05) is 11.6 Å². The highest BCUT2D eigenvalue weighted by atomic mass is 127. The largest absolute Gasteiger partial charge is 0.497 e. The fraction of sp³-hybridized carbons (Fsp3) is 0.462. The lowest BCUT2D eigenvalue weighted by atomic mass is 9.75. The van der Waals surface area contributed by atoms with E-state index in [9.17, 15) is 4.39 Å². The Bertz CT molecular complexity index is 602. The first-order valence-corrected chi connectivity index (χ1v) is 11.1. The standard InChI is InChI=1S/C13H17BClFIN2O2P/c1-12(2)13(3,4)21-14(20-12)10-7(6-18)9(19-22-17)5-8(16)11(10)15/h5-6,18-19,22H,1-4H3. The molecule has 1 unspecified atom stereocenters. The second kappa shape index (κ2) is 6.51. The first kappa shape index (κ1) is 18.4. The molecule has 22 heavy (non-hydrogen) atoms. The number of anilines is 1. The minimum atomic E-state index is -0.817. The van der Waals surface area contributed by atoms with Crippen LogP contribution in [0.25, 0.3) is 0 Å². The maximum Gasteiger partial charge on any atom is 0.497 e. The van der Waals surface area contributed by atoms with E-state index >= 15 is 0 Å². The lowest BCUT2D eigenvalue weighted by Gasteiger charge is -2.32. The van der Waals surface area contributed by atoms with Gasteiger partial charge in [-0.15, -0.1) is 0 Å². The molecule has 2 rings (SSSR count). The maximum atomic E-state index is 14.2. The Morgan fingerprint density at radius 3 is 2.36 bits per heavy atom. The van der Waals surface area contributed by atoms with Crippen molar-refractivity contribution in [2.24, 2.45) is 0 Å². The molecule has 0 bridgehead atoms. The number of hydrogen-bond donors (Lipinski definition) is 2. The van der Waals surface area contributed by atoms with Gasteiger partial charge in [-0.2, -0.15) is 0 Å². The zero-order valence-electron chi connectivity index (χ0n) is 12.7. The van der Waals surface area contributed by atoms with Gasteiger partial charge < -0.3 is 19.8 Å². The first-order valence-electron chi connectivity index (χ1n) is 6.64. The van der Waals surface area contributed by atoms with Gasteiger partial charge in [-0.25, -0.2) is 4.39 Å². The van der Waals surface area contributed by atoms with Crippen LogP contribution in [0.5, 0.6) is 0 Å². The second-order valence-corrected chi connectivity index (χ2v) is 8.43. The van der Waals surface area contributed by atoms with Crippen LogP contribution >= 0.6 is 40.0 Å². The molecule has 1 aromatic carbocycles. The van der Waals surface area contributed by atoms with Crippen LogP contribution in [0.3, 0.4) is 0 Å². The summed E-state index contributed by atoms with van der Waals surface area (Å²) in [5.41, 5.74) is 0.215. The van der Waals surface area contributed by atoms with Gasteiger partial charge in [-0.05, 0) is 55.8 Å². The van der Waals surface area contributed by atoms with Gasteiger partial charge in [0.1, 0.15) is 5.82 Å². The fourth-order valence-corrected chi connectivity index (χ4v) is 3.59. The van der Waals surface area contributed by atoms with Crippen molar-refractivity contribution in [2.75, 3.05) is 5.09 Å². The molecule has 1 aliphatic rings. The molecule has 1 atom stereocenters. The lowest BCUT2D eigenvalue weighted by Crippen LogP contribution is -2.41. The average Bonchev–Trinajstić information content (AvgIpc) is 2.62. The van der Waals surface area contributed by atoms with Crippen LogP contribution in [0.1, 0.15) is 33.3 Å². The van der Waals surface area contributed by atoms with Gasteiger partial charge >= 0.3 is 7.12 Å². The Labute approximate surface area is 149 Å². The van der Waals surface area contributed by atoms with Crippen molar-refractivity contribution in [3.63, 3.8) is 0 Å². The van der Waals surface area contributed by atoms with E-state index in [1.165, 1.54) is 6.07 Å². The molecule has 0 aliphatic carbocycles. The maximum absolute atomic E-state index is 14.2. The molecule has 1 aromatic rings. The summed E-state index contributed by atoms with van der Waals surface area (Å²) in [4.78, 5) is 0. The Balaban J connectivity index is 2.58. The smallest absolute Gasteiger partial charge is 0.399 e. The van der Waals surface area contributed by atoms with Crippen molar-refractivity contribution in [1.29, 1.82) is 5.41 Å². The van der Waals surface area contributed by atoms with E-state index in [0.717, 1.165) is 6.21 Å². The molecule has 0 saturated carbocycles. The minimum Gasteiger partial charge on any atom is -0.399 e. The molecule has 1 fully saturated rings. The van der Waals surface area contributed by atoms with Crippen molar-refractivity contribution >= 4 is 64.5 Å². The van der Waals surface area contributed by atoms with Gasteiger partial charge in [0.25, 0.3) is 0 Å². The van der Waals surface area contributed by atoms with Crippen molar-refractivity contribution < 1.29 is 13.7 Å². The third-order valence-electron chi connectivity index (χ3n) is 4.11. The monoisotopic (exact) mass is 456 g/mol. The molecule has 1 aliphatic heterocycles. The Morgan fingerprint density at radius 2 is 1.91 bits per heavy atom. The van der Waals surface area contributed by atoms with Crippen LogP contribution in [0, 0.1) is 11.2 Å². The van der Waals surface area contributed by atoms with Crippen LogP contribution in [-0.4, -0.2) is 24.5 Å². The summed E-state index contributed by atoms with van der Waals surface area (Å²) in [7, 11) is -0.817. The highest BCUT2D eigenvalue weighted by Gasteiger charge is 2.53. The fourth-order valence-electron chi connectivity index (χ4n) is 2.16. The minimum absolute atomic E-state index is 0.0701. The SMILES string of the molecule is CC1(C)OB(c2c(Cl)c(F)cc(NPI)c2C=N)OC1(C)C. The number of halogens is 3. The highest BCUT2D eigenvalue weighted by molar-refractivity contribution is 14.2. The third kappa shape index (κ3) is 3.15. The van der Waals surface area contributed by atoms with Crippen molar-refractivity contribution in [3.8, 4) is 0 Å². The van der Waals surface area contributed by atoms with Gasteiger partial charge in [-0.3, -0.25) is 0 Å². The second-order valence-electron chi connectivity index (χ2n) is 6.00. The molecule has 0 amide bonds. The summed E-state index contributed by atoms with van der Waals surface area (Å²) in [6.07, 6.45) is 1.48. The third-order valence-corrected chi connectivity index (χ3v) is 5.67. The Morgan fingerprint density at radius 1 is 1.36 bits per heavy atom. The predicted octanol–water partition coefficient (Wildman–Crippen LogP) is 4.13. The molecule has 0 aromatic heterocycles. The molecular weight excluding hydrogens is 439 g/mol. The Hall–Kier alpha value is 0.0549. The zero-order chi connectivity index (χ0) is 16.7. The molecule has 0 spiro atoms. The van der Waals surface area contributed by atoms with E-state index in [0.29, 0.717) is 23.1 Å². The van der Waals surface area contributed by atoms with Crippen LogP contribution in [0.15, 0.2) is 6.07 Å². The van der Waals surface area contributed by atoms with Crippen LogP contribution < -0.4 is 10.6 Å². The normalized spacial score (nSPS) is 19.9. The summed E-state index contributed by atoms with van der Waals surface area (Å²) >= 11 is 8.29. The summed E-state index contributed by atoms with van der Waals surface area (Å²) < 4.78 is 26.1. The van der Waals surface area contributed by atoms with Gasteiger partial charge in [0.2, 0.25) is 0 Å². The van der Waals surface area contributed by atoms with Crippen molar-refractivity contribution in [2.45, 2.75) is 38.9 Å². The average molecular weight is 456 g/mol. The number of rotatable bonds is 4. The van der Waals surface area contributed by atoms with Gasteiger partial charge in [0.15, 0.2) is 0 Å². The van der Waals surface area contributed by atoms with E-state index < -0.39 is 24.1 Å². The molecule has 4 nitrogen and oxygen atoms in total. The molecule has 120 valence electrons. The summed E-state index contributed by atoms with van der Waals surface area (Å²) in [6.45, 7) is 7.65. The molecule has 2 N–H and O–H groups in total. The molecule has 1 heterocycles. The van der Waals surface area contributed by atoms with Crippen LogP contribution in [-0.2, 0) is 9.31 Å². The number of benzene rings is 1. The topological polar surface area (TPSA) is 54.3 Å². The Kier molecular flexibility index (Phi) is 5.45. The van der Waals surface area contributed by atoms with Crippen LogP contribution in [0.2, 0.25) is 5.02 Å². The van der Waals surface area contributed by atoms with Crippen molar-refractivity contribution in [1.82, 2.24) is 0 Å². The summed E-state index contributed by atoms with van der Waals surface area (Å²) in [6, 6.07) is 1.29. The van der Waals surface area contributed by atoms with Crippen molar-refractivity contribution in [3.05, 3.63) is 22.5 Å². The predicted molar refractivity (Wildman–Crippen MR) is 101 cm³/mol. The number of nitrogens with one attached hydrogen (secondary N) is 2. The zero-order valence-corrected chi connectivity index (χ0v) is 16.6. The molecule has 9 heteroatoms. The van der Waals surface area contributed by atoms with Gasteiger partial charge in [0, 0.05) is 29.3 Å². The van der Waals surface area contributed by atoms with E-state index in [1.807, 2.05) is 27.7 Å². The highest BCUT2D eigenvalue weighted by Crippen LogP contribution is 2.38. The number of hydrogen-bond acceptors (Lipinski definition) is 4. The molecular formula is C13H17BClFIN2O2P. The van der Waals surface area contributed by atoms with E-state index in [1.54, 1.807) is 0 Å². The van der Waals surface area contributed by atoms with E-state index in [2.05, 4.69) is 27.1 Å². The van der Waals surface area contributed by atoms with Gasteiger partial charge in [0.05, 0.1) is 16.2 Å². The lowest BCUT2D eigenvalue weighted by molar-refractivity contribution is 0.00578. The molecule has 0 radical (unpaired) electrons.